The van der Waals surface area contributed by atoms with E-state index in [2.05, 4.69) is 84.6 Å². The number of nitrogens with zero attached hydrogens (tertiary/aromatic N) is 1. The van der Waals surface area contributed by atoms with Gasteiger partial charge in [0.25, 0.3) is 0 Å². The molecule has 4 rings (SSSR count). The van der Waals surface area contributed by atoms with E-state index in [-0.39, 0.29) is 6.04 Å². The van der Waals surface area contributed by atoms with Crippen molar-refractivity contribution in [1.82, 2.24) is 9.97 Å². The smallest absolute Gasteiger partial charge is 0.126 e. The number of aryl methyl sites for hydroxylation is 1. The molecule has 2 aromatic heterocycles. The summed E-state index contributed by atoms with van der Waals surface area (Å²) in [6, 6.07) is 23.4. The summed E-state index contributed by atoms with van der Waals surface area (Å²) in [6.07, 6.45) is 1.82. The van der Waals surface area contributed by atoms with Crippen LogP contribution < -0.4 is 5.32 Å². The van der Waals surface area contributed by atoms with Gasteiger partial charge in [-0.1, -0.05) is 62.4 Å². The highest BCUT2D eigenvalue weighted by Crippen LogP contribution is 2.34. The molecular formula is C24H25N3. The van der Waals surface area contributed by atoms with Gasteiger partial charge in [-0.25, -0.2) is 4.98 Å². The first-order chi connectivity index (χ1) is 13.1. The van der Waals surface area contributed by atoms with Crippen LogP contribution >= 0.6 is 0 Å². The Labute approximate surface area is 160 Å². The van der Waals surface area contributed by atoms with E-state index < -0.39 is 0 Å². The van der Waals surface area contributed by atoms with Gasteiger partial charge >= 0.3 is 0 Å². The monoisotopic (exact) mass is 355 g/mol. The van der Waals surface area contributed by atoms with Crippen LogP contribution in [-0.2, 0) is 0 Å². The Kier molecular flexibility index (Phi) is 4.68. The third-order valence-corrected chi connectivity index (χ3v) is 5.13. The Morgan fingerprint density at radius 3 is 2.26 bits per heavy atom. The summed E-state index contributed by atoms with van der Waals surface area (Å²) < 4.78 is 0. The lowest BCUT2D eigenvalue weighted by Crippen LogP contribution is -2.14. The molecule has 3 heteroatoms. The van der Waals surface area contributed by atoms with Gasteiger partial charge in [0.1, 0.15) is 5.82 Å². The Bertz CT molecular complexity index is 1030. The standard InChI is InChI=1S/C24H25N3/c1-16(2)18-11-13-19(14-12-18)24(27-22-10-6-7-15-25-22)23-17(3)26-21-9-5-4-8-20(21)23/h4-16,24,26H,1-3H3,(H,25,27). The van der Waals surface area contributed by atoms with Gasteiger partial charge in [0.2, 0.25) is 0 Å². The van der Waals surface area contributed by atoms with Crippen molar-refractivity contribution in [2.24, 2.45) is 0 Å². The van der Waals surface area contributed by atoms with Crippen molar-refractivity contribution in [3.05, 3.63) is 95.3 Å². The molecule has 0 radical (unpaired) electrons. The van der Waals surface area contributed by atoms with Crippen LogP contribution in [0.3, 0.4) is 0 Å². The molecule has 2 N–H and O–H groups in total. The first kappa shape index (κ1) is 17.3. The molecule has 0 aliphatic rings. The van der Waals surface area contributed by atoms with Crippen LogP contribution in [0.25, 0.3) is 10.9 Å². The second kappa shape index (κ2) is 7.28. The number of nitrogens with one attached hydrogen (secondary N) is 2. The molecule has 27 heavy (non-hydrogen) atoms. The predicted octanol–water partition coefficient (Wildman–Crippen LogP) is 6.20. The van der Waals surface area contributed by atoms with E-state index in [1.165, 1.54) is 27.8 Å². The average molecular weight is 355 g/mol. The zero-order valence-corrected chi connectivity index (χ0v) is 16.0. The van der Waals surface area contributed by atoms with Gasteiger partial charge in [0.05, 0.1) is 6.04 Å². The summed E-state index contributed by atoms with van der Waals surface area (Å²) in [5.41, 5.74) is 6.20. The third kappa shape index (κ3) is 3.45. The summed E-state index contributed by atoms with van der Waals surface area (Å²) in [5.74, 6) is 1.40. The molecule has 3 nitrogen and oxygen atoms in total. The van der Waals surface area contributed by atoms with Crippen LogP contribution in [0.15, 0.2) is 72.9 Å². The van der Waals surface area contributed by atoms with E-state index >= 15 is 0 Å². The van der Waals surface area contributed by atoms with E-state index in [4.69, 9.17) is 0 Å². The maximum absolute atomic E-state index is 4.49. The van der Waals surface area contributed by atoms with E-state index in [1.54, 1.807) is 0 Å². The highest BCUT2D eigenvalue weighted by atomic mass is 15.0. The fourth-order valence-electron chi connectivity index (χ4n) is 3.66. The maximum Gasteiger partial charge on any atom is 0.126 e. The minimum atomic E-state index is 0.0252. The van der Waals surface area contributed by atoms with E-state index in [0.717, 1.165) is 11.3 Å². The molecule has 1 atom stereocenters. The Morgan fingerprint density at radius 2 is 1.56 bits per heavy atom. The molecule has 0 spiro atoms. The van der Waals surface area contributed by atoms with Crippen molar-refractivity contribution in [1.29, 1.82) is 0 Å². The van der Waals surface area contributed by atoms with E-state index in [0.29, 0.717) is 5.92 Å². The van der Waals surface area contributed by atoms with Gasteiger partial charge in [-0.05, 0) is 42.2 Å². The molecule has 0 aliphatic heterocycles. The summed E-state index contributed by atoms with van der Waals surface area (Å²) in [6.45, 7) is 6.59. The third-order valence-electron chi connectivity index (χ3n) is 5.13. The summed E-state index contributed by atoms with van der Waals surface area (Å²) >= 11 is 0. The lowest BCUT2D eigenvalue weighted by atomic mass is 9.93. The second-order valence-electron chi connectivity index (χ2n) is 7.32. The number of benzene rings is 2. The summed E-state index contributed by atoms with van der Waals surface area (Å²) in [5, 5.41) is 4.89. The molecule has 0 saturated carbocycles. The summed E-state index contributed by atoms with van der Waals surface area (Å²) in [4.78, 5) is 8.02. The first-order valence-electron chi connectivity index (χ1n) is 9.48. The fraction of sp³-hybridized carbons (Fsp3) is 0.208. The van der Waals surface area contributed by atoms with Gasteiger partial charge in [-0.15, -0.1) is 0 Å². The van der Waals surface area contributed by atoms with Crippen molar-refractivity contribution in [3.63, 3.8) is 0 Å². The lowest BCUT2D eigenvalue weighted by molar-refractivity contribution is 0.859. The van der Waals surface area contributed by atoms with Crippen molar-refractivity contribution < 1.29 is 0 Å². The zero-order valence-electron chi connectivity index (χ0n) is 16.0. The number of para-hydroxylation sites is 1. The van der Waals surface area contributed by atoms with Gasteiger partial charge in [0, 0.05) is 28.4 Å². The first-order valence-corrected chi connectivity index (χ1v) is 9.48. The molecule has 136 valence electrons. The number of fused-ring (bicyclic) bond motifs is 1. The maximum atomic E-state index is 4.49. The SMILES string of the molecule is Cc1[nH]c2ccccc2c1C(Nc1ccccn1)c1ccc(C(C)C)cc1. The number of hydrogen-bond donors (Lipinski definition) is 2. The highest BCUT2D eigenvalue weighted by molar-refractivity contribution is 5.86. The van der Waals surface area contributed by atoms with Crippen molar-refractivity contribution >= 4 is 16.7 Å². The molecule has 2 aromatic carbocycles. The van der Waals surface area contributed by atoms with E-state index in [9.17, 15) is 0 Å². The van der Waals surface area contributed by atoms with Crippen LogP contribution in [0.1, 0.15) is 48.2 Å². The number of anilines is 1. The van der Waals surface area contributed by atoms with Crippen molar-refractivity contribution in [2.45, 2.75) is 32.7 Å². The Balaban J connectivity index is 1.83. The number of aromatic amines is 1. The molecule has 1 unspecified atom stereocenters. The molecule has 0 aliphatic carbocycles. The van der Waals surface area contributed by atoms with Crippen molar-refractivity contribution in [2.75, 3.05) is 5.32 Å². The number of rotatable bonds is 5. The van der Waals surface area contributed by atoms with Gasteiger partial charge in [0.15, 0.2) is 0 Å². The number of pyridine rings is 1. The molecule has 0 amide bonds. The largest absolute Gasteiger partial charge is 0.359 e. The molecule has 2 heterocycles. The molecule has 0 saturated heterocycles. The fourth-order valence-corrected chi connectivity index (χ4v) is 3.66. The number of hydrogen-bond acceptors (Lipinski definition) is 2. The number of H-pyrrole nitrogens is 1. The van der Waals surface area contributed by atoms with Crippen LogP contribution in [0.5, 0.6) is 0 Å². The average Bonchev–Trinajstić information content (AvgIpc) is 3.02. The van der Waals surface area contributed by atoms with Crippen LogP contribution in [-0.4, -0.2) is 9.97 Å². The van der Waals surface area contributed by atoms with Crippen LogP contribution in [0.2, 0.25) is 0 Å². The van der Waals surface area contributed by atoms with Crippen LogP contribution in [0.4, 0.5) is 5.82 Å². The molecular weight excluding hydrogens is 330 g/mol. The molecule has 0 fully saturated rings. The van der Waals surface area contributed by atoms with Crippen molar-refractivity contribution in [3.8, 4) is 0 Å². The zero-order chi connectivity index (χ0) is 18.8. The summed E-state index contributed by atoms with van der Waals surface area (Å²) in [7, 11) is 0. The number of aromatic nitrogens is 2. The van der Waals surface area contributed by atoms with Crippen LogP contribution in [0, 0.1) is 6.92 Å². The Morgan fingerprint density at radius 1 is 0.852 bits per heavy atom. The topological polar surface area (TPSA) is 40.7 Å². The quantitative estimate of drug-likeness (QED) is 0.448. The minimum Gasteiger partial charge on any atom is -0.359 e. The molecule has 4 aromatic rings. The second-order valence-corrected chi connectivity index (χ2v) is 7.32. The highest BCUT2D eigenvalue weighted by Gasteiger charge is 2.21. The lowest BCUT2D eigenvalue weighted by Gasteiger charge is -2.21. The predicted molar refractivity (Wildman–Crippen MR) is 113 cm³/mol. The van der Waals surface area contributed by atoms with Gasteiger partial charge < -0.3 is 10.3 Å². The van der Waals surface area contributed by atoms with E-state index in [1.807, 2.05) is 24.4 Å². The minimum absolute atomic E-state index is 0.0252. The normalized spacial score (nSPS) is 12.4. The Hall–Kier alpha value is -3.07. The van der Waals surface area contributed by atoms with Gasteiger partial charge in [-0.3, -0.25) is 0 Å². The van der Waals surface area contributed by atoms with Gasteiger partial charge in [-0.2, -0.15) is 0 Å². The molecule has 0 bridgehead atoms.